The van der Waals surface area contributed by atoms with Crippen LogP contribution in [0.2, 0.25) is 0 Å². The van der Waals surface area contributed by atoms with Crippen molar-refractivity contribution in [3.8, 4) is 11.5 Å². The number of carbonyl (C=O) groups excluding carboxylic acids is 2. The molecule has 30 heavy (non-hydrogen) atoms. The maximum Gasteiger partial charge on any atom is 0.248 e. The summed E-state index contributed by atoms with van der Waals surface area (Å²) in [6.07, 6.45) is 3.36. The van der Waals surface area contributed by atoms with Gasteiger partial charge in [-0.15, -0.1) is 0 Å². The Morgan fingerprint density at radius 3 is 2.43 bits per heavy atom. The second-order valence-electron chi connectivity index (χ2n) is 7.31. The first kappa shape index (κ1) is 19.6. The minimum Gasteiger partial charge on any atom is -0.492 e. The Morgan fingerprint density at radius 2 is 1.77 bits per heavy atom. The number of aromatic nitrogens is 1. The van der Waals surface area contributed by atoms with E-state index in [9.17, 15) is 9.59 Å². The summed E-state index contributed by atoms with van der Waals surface area (Å²) in [5.74, 6) is 0.862. The van der Waals surface area contributed by atoms with Crippen molar-refractivity contribution in [1.29, 1.82) is 0 Å². The molecule has 0 radical (unpaired) electrons. The molecule has 0 unspecified atom stereocenters. The van der Waals surface area contributed by atoms with Crippen LogP contribution in [-0.4, -0.2) is 23.3 Å². The van der Waals surface area contributed by atoms with Gasteiger partial charge >= 0.3 is 0 Å². The van der Waals surface area contributed by atoms with Crippen LogP contribution in [-0.2, 0) is 0 Å². The molecule has 0 saturated heterocycles. The Bertz CT molecular complexity index is 1110. The minimum atomic E-state index is -0.480. The normalized spacial score (nSPS) is 13.9. The highest BCUT2D eigenvalue weighted by Crippen LogP contribution is 2.40. The van der Waals surface area contributed by atoms with E-state index in [4.69, 9.17) is 15.2 Å². The molecule has 0 saturated carbocycles. The van der Waals surface area contributed by atoms with E-state index >= 15 is 0 Å². The van der Waals surface area contributed by atoms with E-state index in [1.54, 1.807) is 24.5 Å². The number of hydrogen-bond donors (Lipinski definition) is 1. The molecule has 1 aromatic heterocycles. The number of carbonyl (C=O) groups is 2. The second kappa shape index (κ2) is 7.99. The van der Waals surface area contributed by atoms with Crippen molar-refractivity contribution in [2.45, 2.75) is 26.4 Å². The number of ketones is 1. The van der Waals surface area contributed by atoms with Gasteiger partial charge in [0.2, 0.25) is 5.91 Å². The van der Waals surface area contributed by atoms with Crippen molar-refractivity contribution >= 4 is 11.7 Å². The molecule has 1 aliphatic rings. The molecule has 1 amide bonds. The lowest BCUT2D eigenvalue weighted by Gasteiger charge is -2.26. The molecule has 6 nitrogen and oxygen atoms in total. The number of nitrogens with two attached hydrogens (primary N) is 1. The molecule has 2 N–H and O–H groups in total. The molecule has 3 aromatic rings. The van der Waals surface area contributed by atoms with Crippen LogP contribution in [0.4, 0.5) is 0 Å². The van der Waals surface area contributed by atoms with Gasteiger partial charge in [0, 0.05) is 29.9 Å². The van der Waals surface area contributed by atoms with E-state index in [0.717, 1.165) is 22.3 Å². The molecule has 4 rings (SSSR count). The van der Waals surface area contributed by atoms with E-state index in [-0.39, 0.29) is 5.78 Å². The van der Waals surface area contributed by atoms with Crippen molar-refractivity contribution in [2.24, 2.45) is 5.73 Å². The number of rotatable bonds is 5. The first-order valence-electron chi connectivity index (χ1n) is 9.72. The highest BCUT2D eigenvalue weighted by atomic mass is 16.5. The zero-order valence-corrected chi connectivity index (χ0v) is 16.8. The molecule has 0 aliphatic carbocycles. The van der Waals surface area contributed by atoms with Crippen LogP contribution in [0, 0.1) is 13.8 Å². The number of primary amides is 1. The van der Waals surface area contributed by atoms with Gasteiger partial charge in [0.25, 0.3) is 0 Å². The number of benzene rings is 2. The average Bonchev–Trinajstić information content (AvgIpc) is 2.75. The van der Waals surface area contributed by atoms with Crippen LogP contribution in [0.25, 0.3) is 0 Å². The lowest BCUT2D eigenvalue weighted by Crippen LogP contribution is -2.18. The molecular formula is C24H22N2O4. The fraction of sp³-hybridized carbons (Fsp3) is 0.208. The molecule has 2 aromatic carbocycles. The smallest absolute Gasteiger partial charge is 0.248 e. The third-order valence-corrected chi connectivity index (χ3v) is 5.26. The first-order valence-corrected chi connectivity index (χ1v) is 9.72. The number of amides is 1. The quantitative estimate of drug-likeness (QED) is 0.698. The standard InChI is InChI=1S/C24H22N2O4/c1-14-13-19-20(27)9-12-29-22(19)15(2)21(14)30-23(17-7-10-26-11-8-17)16-3-5-18(6-4-16)24(25)28/h3-8,10-11,13,23H,9,12H2,1-2H3,(H2,25,28)/t23-/m1/s1. The lowest BCUT2D eigenvalue weighted by atomic mass is 9.97. The highest BCUT2D eigenvalue weighted by molar-refractivity contribution is 6.00. The van der Waals surface area contributed by atoms with Crippen molar-refractivity contribution in [2.75, 3.05) is 6.61 Å². The van der Waals surface area contributed by atoms with Crippen molar-refractivity contribution in [3.63, 3.8) is 0 Å². The summed E-state index contributed by atoms with van der Waals surface area (Å²) in [5, 5.41) is 0. The summed E-state index contributed by atoms with van der Waals surface area (Å²) in [7, 11) is 0. The Labute approximate surface area is 174 Å². The molecule has 0 fully saturated rings. The van der Waals surface area contributed by atoms with Gasteiger partial charge in [-0.3, -0.25) is 14.6 Å². The summed E-state index contributed by atoms with van der Waals surface area (Å²) < 4.78 is 12.3. The zero-order valence-electron chi connectivity index (χ0n) is 16.8. The molecule has 2 heterocycles. The molecular weight excluding hydrogens is 380 g/mol. The van der Waals surface area contributed by atoms with Crippen LogP contribution in [0.1, 0.15) is 55.5 Å². The predicted molar refractivity (Wildman–Crippen MR) is 112 cm³/mol. The van der Waals surface area contributed by atoms with Gasteiger partial charge in [-0.25, -0.2) is 0 Å². The molecule has 1 atom stereocenters. The third kappa shape index (κ3) is 3.64. The molecule has 1 aliphatic heterocycles. The Kier molecular flexibility index (Phi) is 5.23. The van der Waals surface area contributed by atoms with Gasteiger partial charge < -0.3 is 15.2 Å². The predicted octanol–water partition coefficient (Wildman–Crippen LogP) is 3.93. The van der Waals surface area contributed by atoms with Crippen LogP contribution >= 0.6 is 0 Å². The van der Waals surface area contributed by atoms with Crippen LogP contribution in [0.5, 0.6) is 11.5 Å². The number of aryl methyl sites for hydroxylation is 1. The number of nitrogens with zero attached hydrogens (tertiary/aromatic N) is 1. The van der Waals surface area contributed by atoms with Gasteiger partial charge in [-0.2, -0.15) is 0 Å². The fourth-order valence-electron chi connectivity index (χ4n) is 3.71. The molecule has 152 valence electrons. The number of ether oxygens (including phenoxy) is 2. The van der Waals surface area contributed by atoms with Crippen molar-refractivity contribution < 1.29 is 19.1 Å². The summed E-state index contributed by atoms with van der Waals surface area (Å²) >= 11 is 0. The Hall–Kier alpha value is -3.67. The minimum absolute atomic E-state index is 0.0849. The van der Waals surface area contributed by atoms with Gasteiger partial charge in [-0.05, 0) is 60.9 Å². The summed E-state index contributed by atoms with van der Waals surface area (Å²) in [6.45, 7) is 4.20. The Balaban J connectivity index is 1.78. The largest absolute Gasteiger partial charge is 0.492 e. The molecule has 0 bridgehead atoms. The topological polar surface area (TPSA) is 91.5 Å². The number of fused-ring (bicyclic) bond motifs is 1. The Morgan fingerprint density at radius 1 is 1.10 bits per heavy atom. The lowest BCUT2D eigenvalue weighted by molar-refractivity contribution is 0.0931. The SMILES string of the molecule is Cc1cc2c(c(C)c1O[C@@H](c1ccncc1)c1ccc(C(N)=O)cc1)OCCC2=O. The maximum atomic E-state index is 12.3. The van der Waals surface area contributed by atoms with E-state index in [2.05, 4.69) is 4.98 Å². The van der Waals surface area contributed by atoms with Gasteiger partial charge in [0.15, 0.2) is 5.78 Å². The van der Waals surface area contributed by atoms with Crippen molar-refractivity contribution in [1.82, 2.24) is 4.98 Å². The fourth-order valence-corrected chi connectivity index (χ4v) is 3.71. The van der Waals surface area contributed by atoms with Gasteiger partial charge in [0.1, 0.15) is 17.6 Å². The third-order valence-electron chi connectivity index (χ3n) is 5.26. The van der Waals surface area contributed by atoms with E-state index in [1.165, 1.54) is 0 Å². The first-order chi connectivity index (χ1) is 14.5. The van der Waals surface area contributed by atoms with Crippen LogP contribution in [0.15, 0.2) is 54.9 Å². The van der Waals surface area contributed by atoms with Crippen LogP contribution in [0.3, 0.4) is 0 Å². The number of hydrogen-bond acceptors (Lipinski definition) is 5. The number of pyridine rings is 1. The summed E-state index contributed by atoms with van der Waals surface area (Å²) in [6, 6.07) is 12.6. The van der Waals surface area contributed by atoms with Crippen molar-refractivity contribution in [3.05, 3.63) is 88.2 Å². The van der Waals surface area contributed by atoms with E-state index in [1.807, 2.05) is 44.2 Å². The number of Topliss-reactive ketones (excluding diaryl/α,β-unsaturated/α-hetero) is 1. The van der Waals surface area contributed by atoms with Gasteiger partial charge in [0.05, 0.1) is 12.2 Å². The monoisotopic (exact) mass is 402 g/mol. The van der Waals surface area contributed by atoms with E-state index in [0.29, 0.717) is 35.7 Å². The van der Waals surface area contributed by atoms with Crippen LogP contribution < -0.4 is 15.2 Å². The van der Waals surface area contributed by atoms with E-state index < -0.39 is 12.0 Å². The molecule has 0 spiro atoms. The highest BCUT2D eigenvalue weighted by Gasteiger charge is 2.26. The van der Waals surface area contributed by atoms with Gasteiger partial charge in [-0.1, -0.05) is 12.1 Å². The summed E-state index contributed by atoms with van der Waals surface area (Å²) in [4.78, 5) is 27.8. The zero-order chi connectivity index (χ0) is 21.3. The average molecular weight is 402 g/mol. The molecule has 6 heteroatoms. The second-order valence-corrected chi connectivity index (χ2v) is 7.31. The summed E-state index contributed by atoms with van der Waals surface area (Å²) in [5.41, 5.74) is 9.83. The maximum absolute atomic E-state index is 12.3.